The molecular weight excluding hydrogens is 224 g/mol. The second kappa shape index (κ2) is 3.66. The Hall–Kier alpha value is -0.910. The van der Waals surface area contributed by atoms with Crippen molar-refractivity contribution in [2.75, 3.05) is 14.1 Å². The van der Waals surface area contributed by atoms with Gasteiger partial charge in [-0.05, 0) is 22.9 Å². The smallest absolute Gasteiger partial charge is 0.232 e. The normalized spacial score (nSPS) is 11.0. The molecule has 0 bridgehead atoms. The third-order valence-corrected chi connectivity index (χ3v) is 2.01. The number of halogens is 1. The van der Waals surface area contributed by atoms with Crippen LogP contribution in [0.15, 0.2) is 19.3 Å². The highest BCUT2D eigenvalue weighted by molar-refractivity contribution is 9.10. The molecule has 0 radical (unpaired) electrons. The summed E-state index contributed by atoms with van der Waals surface area (Å²) < 4.78 is 5.60. The van der Waals surface area contributed by atoms with Gasteiger partial charge < -0.3 is 4.52 Å². The van der Waals surface area contributed by atoms with Crippen LogP contribution in [0.5, 0.6) is 0 Å². The summed E-state index contributed by atoms with van der Waals surface area (Å²) in [5.74, 6) is 1.16. The van der Waals surface area contributed by atoms with Gasteiger partial charge >= 0.3 is 0 Å². The number of nitrogens with zero attached hydrogens (tertiary/aromatic N) is 4. The van der Waals surface area contributed by atoms with E-state index in [9.17, 15) is 0 Å². The number of rotatable bonds is 2. The van der Waals surface area contributed by atoms with Crippen LogP contribution in [-0.2, 0) is 0 Å². The van der Waals surface area contributed by atoms with E-state index in [0.29, 0.717) is 11.6 Å². The van der Waals surface area contributed by atoms with E-state index >= 15 is 0 Å². The maximum absolute atomic E-state index is 4.86. The lowest BCUT2D eigenvalue weighted by molar-refractivity contribution is 0.388. The zero-order chi connectivity index (χ0) is 9.14. The second-order valence-corrected chi connectivity index (χ2v) is 3.21. The zero-order valence-electron chi connectivity index (χ0n) is 7.08. The van der Waals surface area contributed by atoms with Crippen molar-refractivity contribution >= 4 is 21.7 Å². The quantitative estimate of drug-likeness (QED) is 0.581. The molecule has 0 aliphatic rings. The van der Waals surface area contributed by atoms with Crippen LogP contribution in [0.4, 0.5) is 5.82 Å². The van der Waals surface area contributed by atoms with E-state index in [0.717, 1.165) is 4.47 Å². The Kier molecular flexibility index (Phi) is 2.80. The van der Waals surface area contributed by atoms with Gasteiger partial charge in [-0.25, -0.2) is 0 Å². The molecule has 0 amide bonds. The Bertz CT molecular complexity index is 294. The first-order chi connectivity index (χ1) is 5.61. The molecule has 0 saturated heterocycles. The van der Waals surface area contributed by atoms with Crippen LogP contribution in [0.3, 0.4) is 0 Å². The van der Waals surface area contributed by atoms with Crippen LogP contribution in [0.1, 0.15) is 5.76 Å². The summed E-state index contributed by atoms with van der Waals surface area (Å²) in [6.07, 6.45) is 0. The summed E-state index contributed by atoms with van der Waals surface area (Å²) >= 11 is 3.27. The molecule has 0 spiro atoms. The lowest BCUT2D eigenvalue weighted by atomic mass is 10.5. The molecule has 5 nitrogen and oxygen atoms in total. The Balaban J connectivity index is 2.83. The largest absolute Gasteiger partial charge is 0.358 e. The average Bonchev–Trinajstić information content (AvgIpc) is 2.30. The van der Waals surface area contributed by atoms with Crippen LogP contribution in [-0.4, -0.2) is 24.3 Å². The number of aryl methyl sites for hydroxylation is 1. The van der Waals surface area contributed by atoms with Crippen molar-refractivity contribution in [3.8, 4) is 0 Å². The van der Waals surface area contributed by atoms with Gasteiger partial charge in [-0.3, -0.25) is 5.01 Å². The second-order valence-electron chi connectivity index (χ2n) is 2.41. The highest BCUT2D eigenvalue weighted by atomic mass is 79.9. The summed E-state index contributed by atoms with van der Waals surface area (Å²) in [7, 11) is 3.56. The summed E-state index contributed by atoms with van der Waals surface area (Å²) in [6, 6.07) is 0. The van der Waals surface area contributed by atoms with E-state index in [-0.39, 0.29) is 0 Å². The molecule has 0 atom stereocenters. The third-order valence-electron chi connectivity index (χ3n) is 1.09. The molecule has 1 aromatic rings. The van der Waals surface area contributed by atoms with Crippen molar-refractivity contribution in [2.24, 2.45) is 10.3 Å². The van der Waals surface area contributed by atoms with E-state index in [1.165, 1.54) is 0 Å². The average molecular weight is 233 g/mol. The molecule has 12 heavy (non-hydrogen) atoms. The van der Waals surface area contributed by atoms with Crippen molar-refractivity contribution in [3.63, 3.8) is 0 Å². The monoisotopic (exact) mass is 232 g/mol. The summed E-state index contributed by atoms with van der Waals surface area (Å²) in [5.41, 5.74) is 0. The molecule has 0 unspecified atom stereocenters. The van der Waals surface area contributed by atoms with E-state index < -0.39 is 0 Å². The van der Waals surface area contributed by atoms with E-state index in [2.05, 4.69) is 31.4 Å². The van der Waals surface area contributed by atoms with Crippen molar-refractivity contribution in [1.29, 1.82) is 0 Å². The van der Waals surface area contributed by atoms with Gasteiger partial charge in [-0.1, -0.05) is 10.4 Å². The number of hydrogen-bond acceptors (Lipinski definition) is 4. The maximum atomic E-state index is 4.86. The fourth-order valence-electron chi connectivity index (χ4n) is 0.543. The lowest BCUT2D eigenvalue weighted by Gasteiger charge is -1.97. The van der Waals surface area contributed by atoms with Crippen LogP contribution in [0.2, 0.25) is 0 Å². The van der Waals surface area contributed by atoms with Crippen molar-refractivity contribution in [3.05, 3.63) is 10.2 Å². The third kappa shape index (κ3) is 2.04. The molecule has 0 aliphatic carbocycles. The fraction of sp³-hybridized carbons (Fsp3) is 0.500. The van der Waals surface area contributed by atoms with Crippen molar-refractivity contribution in [1.82, 2.24) is 10.2 Å². The highest BCUT2D eigenvalue weighted by Crippen LogP contribution is 2.27. The van der Waals surface area contributed by atoms with E-state index in [4.69, 9.17) is 4.52 Å². The maximum Gasteiger partial charge on any atom is 0.232 e. The van der Waals surface area contributed by atoms with Crippen LogP contribution < -0.4 is 0 Å². The summed E-state index contributed by atoms with van der Waals surface area (Å²) in [5, 5.41) is 12.9. The van der Waals surface area contributed by atoms with Crippen LogP contribution in [0, 0.1) is 6.92 Å². The Labute approximate surface area is 78.5 Å². The minimum atomic E-state index is 0.459. The van der Waals surface area contributed by atoms with Gasteiger partial charge in [0.1, 0.15) is 10.2 Å². The Morgan fingerprint density at radius 1 is 1.50 bits per heavy atom. The van der Waals surface area contributed by atoms with E-state index in [1.54, 1.807) is 26.0 Å². The standard InChI is InChI=1S/C6H9BrN4O/c1-4-5(7)6(9-12-4)8-10-11(2)3/h1-3H3. The van der Waals surface area contributed by atoms with Crippen LogP contribution >= 0.6 is 15.9 Å². The molecular formula is C6H9BrN4O. The van der Waals surface area contributed by atoms with Crippen molar-refractivity contribution < 1.29 is 4.52 Å². The molecule has 1 aromatic heterocycles. The molecule has 0 aromatic carbocycles. The van der Waals surface area contributed by atoms with E-state index in [1.807, 2.05) is 0 Å². The van der Waals surface area contributed by atoms with Gasteiger partial charge in [0.15, 0.2) is 0 Å². The highest BCUT2D eigenvalue weighted by Gasteiger charge is 2.08. The first-order valence-electron chi connectivity index (χ1n) is 3.32. The SMILES string of the molecule is Cc1onc(N=NN(C)C)c1Br. The Morgan fingerprint density at radius 2 is 2.17 bits per heavy atom. The summed E-state index contributed by atoms with van der Waals surface area (Å²) in [6.45, 7) is 1.80. The molecule has 0 saturated carbocycles. The predicted octanol–water partition coefficient (Wildman–Crippen LogP) is 2.31. The molecule has 66 valence electrons. The molecule has 0 aliphatic heterocycles. The minimum absolute atomic E-state index is 0.459. The van der Waals surface area contributed by atoms with Gasteiger partial charge in [0.05, 0.1) is 0 Å². The topological polar surface area (TPSA) is 54.0 Å². The Morgan fingerprint density at radius 3 is 2.58 bits per heavy atom. The summed E-state index contributed by atoms with van der Waals surface area (Å²) in [4.78, 5) is 0. The predicted molar refractivity (Wildman–Crippen MR) is 47.1 cm³/mol. The van der Waals surface area contributed by atoms with Crippen LogP contribution in [0.25, 0.3) is 0 Å². The van der Waals surface area contributed by atoms with Gasteiger partial charge in [0.2, 0.25) is 5.82 Å². The minimum Gasteiger partial charge on any atom is -0.358 e. The molecule has 0 fully saturated rings. The van der Waals surface area contributed by atoms with Gasteiger partial charge in [-0.15, -0.1) is 5.11 Å². The zero-order valence-corrected chi connectivity index (χ0v) is 8.66. The molecule has 1 heterocycles. The van der Waals surface area contributed by atoms with Crippen molar-refractivity contribution in [2.45, 2.75) is 6.92 Å². The first kappa shape index (κ1) is 9.18. The number of hydrogen-bond donors (Lipinski definition) is 0. The number of aromatic nitrogens is 1. The lowest BCUT2D eigenvalue weighted by Crippen LogP contribution is -1.98. The molecule has 0 N–H and O–H groups in total. The van der Waals surface area contributed by atoms with Gasteiger partial charge in [0.25, 0.3) is 0 Å². The first-order valence-corrected chi connectivity index (χ1v) is 4.11. The fourth-order valence-corrected chi connectivity index (χ4v) is 0.767. The van der Waals surface area contributed by atoms with Gasteiger partial charge in [0, 0.05) is 14.1 Å². The molecule has 6 heteroatoms. The van der Waals surface area contributed by atoms with Gasteiger partial charge in [-0.2, -0.15) is 0 Å². The molecule has 1 rings (SSSR count).